The van der Waals surface area contributed by atoms with Crippen LogP contribution in [0.3, 0.4) is 0 Å². The van der Waals surface area contributed by atoms with Crippen molar-refractivity contribution in [1.82, 2.24) is 25.6 Å². The Labute approximate surface area is 160 Å². The standard InChI is InChI=1S/C19H31N5O3/c1-2-23(7-8-25)10-14-11-24(12-15(14)13-26)19(27)18-9-17(21-22-18)16-5-3-4-6-20-16/h3-6,14-15,17-18,21-22,25-26H,2,7-13H2,1H3/t14-,15-,17?,18?/m1/s1. The third kappa shape index (κ3) is 4.83. The van der Waals surface area contributed by atoms with Gasteiger partial charge in [-0.3, -0.25) is 9.78 Å². The predicted octanol–water partition coefficient (Wildman–Crippen LogP) is -0.630. The molecule has 8 heteroatoms. The molecule has 2 saturated heterocycles. The number of amides is 1. The molecule has 8 nitrogen and oxygen atoms in total. The van der Waals surface area contributed by atoms with Gasteiger partial charge in [-0.2, -0.15) is 0 Å². The monoisotopic (exact) mass is 377 g/mol. The van der Waals surface area contributed by atoms with Crippen molar-refractivity contribution in [2.75, 3.05) is 45.9 Å². The van der Waals surface area contributed by atoms with Crippen LogP contribution in [0, 0.1) is 11.8 Å². The van der Waals surface area contributed by atoms with E-state index in [9.17, 15) is 15.0 Å². The van der Waals surface area contributed by atoms with Gasteiger partial charge < -0.3 is 20.0 Å². The van der Waals surface area contributed by atoms with Crippen LogP contribution >= 0.6 is 0 Å². The van der Waals surface area contributed by atoms with Crippen molar-refractivity contribution >= 4 is 5.91 Å². The number of hydrogen-bond donors (Lipinski definition) is 4. The molecule has 0 aliphatic carbocycles. The van der Waals surface area contributed by atoms with E-state index in [1.165, 1.54) is 0 Å². The summed E-state index contributed by atoms with van der Waals surface area (Å²) >= 11 is 0. The molecule has 1 amide bonds. The summed E-state index contributed by atoms with van der Waals surface area (Å²) in [5.41, 5.74) is 7.22. The van der Waals surface area contributed by atoms with Gasteiger partial charge in [-0.25, -0.2) is 10.9 Å². The SMILES string of the molecule is CCN(CCO)C[C@@H]1CN(C(=O)C2CC(c3ccccn3)NN2)C[C@@H]1CO. The molecule has 0 aromatic carbocycles. The van der Waals surface area contributed by atoms with Gasteiger partial charge in [0, 0.05) is 44.9 Å². The summed E-state index contributed by atoms with van der Waals surface area (Å²) in [6.45, 7) is 5.77. The first-order chi connectivity index (χ1) is 13.2. The molecule has 3 rings (SSSR count). The number of carbonyl (C=O) groups excluding carboxylic acids is 1. The predicted molar refractivity (Wildman–Crippen MR) is 102 cm³/mol. The molecule has 1 aromatic rings. The summed E-state index contributed by atoms with van der Waals surface area (Å²) in [5, 5.41) is 19.0. The highest BCUT2D eigenvalue weighted by molar-refractivity contribution is 5.82. The van der Waals surface area contributed by atoms with E-state index in [4.69, 9.17) is 0 Å². The molecule has 2 aliphatic heterocycles. The molecular formula is C19H31N5O3. The third-order valence-corrected chi connectivity index (χ3v) is 5.72. The van der Waals surface area contributed by atoms with Gasteiger partial charge in [0.2, 0.25) is 5.91 Å². The van der Waals surface area contributed by atoms with Crippen molar-refractivity contribution in [3.8, 4) is 0 Å². The molecule has 27 heavy (non-hydrogen) atoms. The summed E-state index contributed by atoms with van der Waals surface area (Å²) < 4.78 is 0. The lowest BCUT2D eigenvalue weighted by molar-refractivity contribution is -0.132. The molecule has 4 N–H and O–H groups in total. The molecule has 4 atom stereocenters. The topological polar surface area (TPSA) is 101 Å². The Morgan fingerprint density at radius 3 is 2.78 bits per heavy atom. The number of aromatic nitrogens is 1. The van der Waals surface area contributed by atoms with Crippen LogP contribution in [-0.4, -0.2) is 82.9 Å². The van der Waals surface area contributed by atoms with Crippen LogP contribution < -0.4 is 10.9 Å². The van der Waals surface area contributed by atoms with Gasteiger partial charge in [-0.15, -0.1) is 0 Å². The number of aliphatic hydroxyl groups excluding tert-OH is 2. The van der Waals surface area contributed by atoms with Gasteiger partial charge in [0.15, 0.2) is 0 Å². The molecule has 3 heterocycles. The van der Waals surface area contributed by atoms with E-state index in [1.807, 2.05) is 23.1 Å². The average Bonchev–Trinajstić information content (AvgIpc) is 3.35. The van der Waals surface area contributed by atoms with Crippen molar-refractivity contribution in [3.05, 3.63) is 30.1 Å². The molecule has 2 fully saturated rings. The smallest absolute Gasteiger partial charge is 0.241 e. The number of nitrogens with one attached hydrogen (secondary N) is 2. The fourth-order valence-corrected chi connectivity index (χ4v) is 4.10. The number of aliphatic hydroxyl groups is 2. The highest BCUT2D eigenvalue weighted by Gasteiger charge is 2.40. The Kier molecular flexibility index (Phi) is 7.14. The van der Waals surface area contributed by atoms with E-state index < -0.39 is 0 Å². The van der Waals surface area contributed by atoms with Gasteiger partial charge in [-0.1, -0.05) is 13.0 Å². The second-order valence-electron chi connectivity index (χ2n) is 7.45. The Balaban J connectivity index is 1.57. The zero-order valence-corrected chi connectivity index (χ0v) is 15.9. The van der Waals surface area contributed by atoms with Crippen LogP contribution in [0.2, 0.25) is 0 Å². The Bertz CT molecular complexity index is 602. The summed E-state index contributed by atoms with van der Waals surface area (Å²) in [4.78, 5) is 21.4. The first kappa shape index (κ1) is 20.2. The second-order valence-corrected chi connectivity index (χ2v) is 7.45. The minimum absolute atomic E-state index is 0.0207. The lowest BCUT2D eigenvalue weighted by atomic mass is 9.96. The van der Waals surface area contributed by atoms with Crippen LogP contribution in [0.15, 0.2) is 24.4 Å². The van der Waals surface area contributed by atoms with Gasteiger partial charge in [-0.05, 0) is 31.0 Å². The number of rotatable bonds is 8. The Morgan fingerprint density at radius 2 is 2.11 bits per heavy atom. The van der Waals surface area contributed by atoms with Crippen LogP contribution in [0.25, 0.3) is 0 Å². The minimum atomic E-state index is -0.283. The number of pyridine rings is 1. The van der Waals surface area contributed by atoms with Gasteiger partial charge in [0.05, 0.1) is 18.3 Å². The van der Waals surface area contributed by atoms with Crippen LogP contribution in [0.4, 0.5) is 0 Å². The summed E-state index contributed by atoms with van der Waals surface area (Å²) in [7, 11) is 0. The Morgan fingerprint density at radius 1 is 1.30 bits per heavy atom. The van der Waals surface area contributed by atoms with Gasteiger partial charge in [0.25, 0.3) is 0 Å². The molecule has 0 radical (unpaired) electrons. The van der Waals surface area contributed by atoms with Gasteiger partial charge in [0.1, 0.15) is 6.04 Å². The molecular weight excluding hydrogens is 346 g/mol. The first-order valence-corrected chi connectivity index (χ1v) is 9.81. The number of likely N-dealkylation sites (N-methyl/N-ethyl adjacent to an activating group) is 1. The summed E-state index contributed by atoms with van der Waals surface area (Å²) in [6, 6.07) is 5.52. The number of hydrogen-bond acceptors (Lipinski definition) is 7. The maximum atomic E-state index is 13.0. The molecule has 150 valence electrons. The van der Waals surface area contributed by atoms with E-state index in [1.54, 1.807) is 6.20 Å². The van der Waals surface area contributed by atoms with Crippen LogP contribution in [0.1, 0.15) is 25.1 Å². The van der Waals surface area contributed by atoms with Crippen molar-refractivity contribution in [2.24, 2.45) is 11.8 Å². The molecule has 2 aliphatic rings. The molecule has 0 saturated carbocycles. The van der Waals surface area contributed by atoms with E-state index in [-0.39, 0.29) is 43.0 Å². The maximum Gasteiger partial charge on any atom is 0.241 e. The average molecular weight is 377 g/mol. The van der Waals surface area contributed by atoms with E-state index in [2.05, 4.69) is 27.7 Å². The number of likely N-dealkylation sites (tertiary alicyclic amines) is 1. The Hall–Kier alpha value is -1.58. The minimum Gasteiger partial charge on any atom is -0.396 e. The van der Waals surface area contributed by atoms with Crippen molar-refractivity contribution < 1.29 is 15.0 Å². The lowest BCUT2D eigenvalue weighted by Crippen LogP contribution is -2.45. The van der Waals surface area contributed by atoms with Gasteiger partial charge >= 0.3 is 0 Å². The number of carbonyl (C=O) groups is 1. The molecule has 0 spiro atoms. The summed E-state index contributed by atoms with van der Waals surface area (Å²) in [5.74, 6) is 0.390. The number of hydrazine groups is 1. The highest BCUT2D eigenvalue weighted by Crippen LogP contribution is 2.27. The maximum absolute atomic E-state index is 13.0. The molecule has 0 bridgehead atoms. The third-order valence-electron chi connectivity index (χ3n) is 5.72. The lowest BCUT2D eigenvalue weighted by Gasteiger charge is -2.25. The fraction of sp³-hybridized carbons (Fsp3) is 0.684. The van der Waals surface area contributed by atoms with Crippen LogP contribution in [-0.2, 0) is 4.79 Å². The normalized spacial score (nSPS) is 28.2. The largest absolute Gasteiger partial charge is 0.396 e. The zero-order chi connectivity index (χ0) is 19.2. The first-order valence-electron chi connectivity index (χ1n) is 9.81. The fourth-order valence-electron chi connectivity index (χ4n) is 4.10. The highest BCUT2D eigenvalue weighted by atomic mass is 16.3. The van der Waals surface area contributed by atoms with E-state index >= 15 is 0 Å². The second kappa shape index (κ2) is 9.57. The molecule has 2 unspecified atom stereocenters. The van der Waals surface area contributed by atoms with Crippen LogP contribution in [0.5, 0.6) is 0 Å². The zero-order valence-electron chi connectivity index (χ0n) is 15.9. The van der Waals surface area contributed by atoms with Crippen molar-refractivity contribution in [3.63, 3.8) is 0 Å². The van der Waals surface area contributed by atoms with Crippen molar-refractivity contribution in [1.29, 1.82) is 0 Å². The summed E-state index contributed by atoms with van der Waals surface area (Å²) in [6.07, 6.45) is 2.42. The molecule has 1 aromatic heterocycles. The van der Waals surface area contributed by atoms with Crippen molar-refractivity contribution in [2.45, 2.75) is 25.4 Å². The van der Waals surface area contributed by atoms with E-state index in [0.29, 0.717) is 26.1 Å². The quantitative estimate of drug-likeness (QED) is 0.479. The number of nitrogens with zero attached hydrogens (tertiary/aromatic N) is 3. The van der Waals surface area contributed by atoms with E-state index in [0.717, 1.165) is 18.8 Å².